The molecule has 142 valence electrons. The Labute approximate surface area is 152 Å². The highest BCUT2D eigenvalue weighted by molar-refractivity contribution is 5.97. The first kappa shape index (κ1) is 18.7. The second kappa shape index (κ2) is 7.26. The maximum atomic E-state index is 13.3. The highest BCUT2D eigenvalue weighted by Gasteiger charge is 2.32. The molecule has 2 aromatic carbocycles. The van der Waals surface area contributed by atoms with Gasteiger partial charge in [0, 0.05) is 24.3 Å². The molecule has 0 aromatic heterocycles. The number of carbonyl (C=O) groups is 2. The smallest absolute Gasteiger partial charge is 0.333 e. The molecule has 9 heteroatoms. The summed E-state index contributed by atoms with van der Waals surface area (Å²) >= 11 is 0. The molecular formula is C18H15F4N3O2. The summed E-state index contributed by atoms with van der Waals surface area (Å²) in [5.41, 5.74) is -0.523. The van der Waals surface area contributed by atoms with Crippen LogP contribution in [0.25, 0.3) is 0 Å². The van der Waals surface area contributed by atoms with Crippen molar-refractivity contribution in [2.75, 3.05) is 16.8 Å². The number of halogens is 4. The van der Waals surface area contributed by atoms with E-state index in [-0.39, 0.29) is 24.6 Å². The summed E-state index contributed by atoms with van der Waals surface area (Å²) in [5, 5.41) is 4.86. The van der Waals surface area contributed by atoms with E-state index in [2.05, 4.69) is 10.6 Å². The number of amides is 3. The predicted octanol–water partition coefficient (Wildman–Crippen LogP) is 3.77. The van der Waals surface area contributed by atoms with Crippen LogP contribution in [0.1, 0.15) is 12.0 Å². The van der Waals surface area contributed by atoms with Crippen molar-refractivity contribution < 1.29 is 27.2 Å². The van der Waals surface area contributed by atoms with Crippen LogP contribution < -0.4 is 15.5 Å². The van der Waals surface area contributed by atoms with E-state index < -0.39 is 29.6 Å². The first-order valence-corrected chi connectivity index (χ1v) is 8.03. The fourth-order valence-corrected chi connectivity index (χ4v) is 2.82. The van der Waals surface area contributed by atoms with E-state index in [1.54, 1.807) is 6.07 Å². The fourth-order valence-electron chi connectivity index (χ4n) is 2.82. The number of benzene rings is 2. The number of hydrogen-bond donors (Lipinski definition) is 2. The third kappa shape index (κ3) is 4.55. The first-order chi connectivity index (χ1) is 12.7. The molecule has 0 spiro atoms. The number of nitrogens with zero attached hydrogens (tertiary/aromatic N) is 1. The molecule has 1 fully saturated rings. The van der Waals surface area contributed by atoms with Crippen LogP contribution in [0.15, 0.2) is 48.5 Å². The highest BCUT2D eigenvalue weighted by atomic mass is 19.4. The third-order valence-electron chi connectivity index (χ3n) is 4.03. The fraction of sp³-hybridized carbons (Fsp3) is 0.222. The molecule has 0 bridgehead atoms. The molecule has 0 aliphatic carbocycles. The van der Waals surface area contributed by atoms with Gasteiger partial charge in [-0.15, -0.1) is 0 Å². The maximum Gasteiger partial charge on any atom is 0.416 e. The van der Waals surface area contributed by atoms with Crippen LogP contribution in [0, 0.1) is 5.82 Å². The zero-order valence-corrected chi connectivity index (χ0v) is 13.9. The molecule has 1 aliphatic rings. The lowest BCUT2D eigenvalue weighted by molar-refractivity contribution is -0.137. The second-order valence-electron chi connectivity index (χ2n) is 6.06. The van der Waals surface area contributed by atoms with Crippen LogP contribution in [0.5, 0.6) is 0 Å². The van der Waals surface area contributed by atoms with Crippen molar-refractivity contribution in [2.45, 2.75) is 18.6 Å². The molecule has 0 saturated carbocycles. The van der Waals surface area contributed by atoms with Gasteiger partial charge in [-0.05, 0) is 36.4 Å². The predicted molar refractivity (Wildman–Crippen MR) is 90.8 cm³/mol. The number of alkyl halides is 3. The van der Waals surface area contributed by atoms with E-state index in [0.717, 1.165) is 12.1 Å². The van der Waals surface area contributed by atoms with Gasteiger partial charge in [-0.25, -0.2) is 9.18 Å². The number of rotatable bonds is 3. The Balaban J connectivity index is 1.61. The molecule has 0 unspecified atom stereocenters. The van der Waals surface area contributed by atoms with Crippen molar-refractivity contribution in [1.82, 2.24) is 5.32 Å². The minimum absolute atomic E-state index is 0.00647. The van der Waals surface area contributed by atoms with Gasteiger partial charge in [-0.1, -0.05) is 12.1 Å². The Kier molecular flexibility index (Phi) is 5.02. The minimum Gasteiger partial charge on any atom is -0.333 e. The Morgan fingerprint density at radius 1 is 1.11 bits per heavy atom. The molecule has 3 rings (SSSR count). The summed E-state index contributed by atoms with van der Waals surface area (Å²) in [4.78, 5) is 25.5. The van der Waals surface area contributed by atoms with Gasteiger partial charge in [0.05, 0.1) is 11.6 Å². The lowest BCUT2D eigenvalue weighted by atomic mass is 10.2. The Morgan fingerprint density at radius 2 is 1.85 bits per heavy atom. The topological polar surface area (TPSA) is 61.4 Å². The van der Waals surface area contributed by atoms with Crippen LogP contribution in [-0.2, 0) is 11.0 Å². The molecule has 5 nitrogen and oxygen atoms in total. The van der Waals surface area contributed by atoms with Crippen molar-refractivity contribution in [3.8, 4) is 0 Å². The van der Waals surface area contributed by atoms with Crippen molar-refractivity contribution in [3.05, 3.63) is 59.9 Å². The SMILES string of the molecule is O=C(Nc1cccc(C(F)(F)F)c1)N[C@H]1CC(=O)N(c2cccc(F)c2)C1. The quantitative estimate of drug-likeness (QED) is 0.795. The molecule has 2 N–H and O–H groups in total. The largest absolute Gasteiger partial charge is 0.416 e. The summed E-state index contributed by atoms with van der Waals surface area (Å²) in [5.74, 6) is -0.774. The van der Waals surface area contributed by atoms with E-state index in [1.165, 1.54) is 35.2 Å². The van der Waals surface area contributed by atoms with E-state index >= 15 is 0 Å². The van der Waals surface area contributed by atoms with E-state index in [0.29, 0.717) is 5.69 Å². The molecule has 1 heterocycles. The standard InChI is InChI=1S/C18H15F4N3O2/c19-12-4-2-6-15(8-12)25-10-14(9-16(25)26)24-17(27)23-13-5-1-3-11(7-13)18(20,21)22/h1-8,14H,9-10H2,(H2,23,24,27)/t14-/m0/s1. The molecule has 1 atom stereocenters. The summed E-state index contributed by atoms with van der Waals surface area (Å²) in [6, 6.07) is 8.46. The minimum atomic E-state index is -4.52. The van der Waals surface area contributed by atoms with Crippen molar-refractivity contribution in [1.29, 1.82) is 0 Å². The van der Waals surface area contributed by atoms with Crippen LogP contribution in [0.2, 0.25) is 0 Å². The van der Waals surface area contributed by atoms with Crippen molar-refractivity contribution in [2.24, 2.45) is 0 Å². The summed E-state index contributed by atoms with van der Waals surface area (Å²) < 4.78 is 51.4. The maximum absolute atomic E-state index is 13.3. The summed E-state index contributed by atoms with van der Waals surface area (Å²) in [6.07, 6.45) is -4.51. The Morgan fingerprint density at radius 3 is 2.56 bits per heavy atom. The summed E-state index contributed by atoms with van der Waals surface area (Å²) in [7, 11) is 0. The lowest BCUT2D eigenvalue weighted by Crippen LogP contribution is -2.39. The zero-order valence-electron chi connectivity index (χ0n) is 13.9. The van der Waals surface area contributed by atoms with Gasteiger partial charge in [-0.3, -0.25) is 4.79 Å². The van der Waals surface area contributed by atoms with E-state index in [9.17, 15) is 27.2 Å². The van der Waals surface area contributed by atoms with Crippen LogP contribution in [0.4, 0.5) is 33.7 Å². The van der Waals surface area contributed by atoms with Gasteiger partial charge in [0.25, 0.3) is 0 Å². The normalized spacial score (nSPS) is 17.1. The molecule has 1 aliphatic heterocycles. The number of hydrogen-bond acceptors (Lipinski definition) is 2. The molecule has 3 amide bonds. The van der Waals surface area contributed by atoms with Crippen LogP contribution in [-0.4, -0.2) is 24.5 Å². The molecule has 1 saturated heterocycles. The lowest BCUT2D eigenvalue weighted by Gasteiger charge is -2.17. The van der Waals surface area contributed by atoms with Crippen LogP contribution >= 0.6 is 0 Å². The molecule has 27 heavy (non-hydrogen) atoms. The van der Waals surface area contributed by atoms with Gasteiger partial charge in [-0.2, -0.15) is 13.2 Å². The van der Waals surface area contributed by atoms with Gasteiger partial charge >= 0.3 is 12.2 Å². The third-order valence-corrected chi connectivity index (χ3v) is 4.03. The summed E-state index contributed by atoms with van der Waals surface area (Å²) in [6.45, 7) is 0.137. The zero-order chi connectivity index (χ0) is 19.6. The van der Waals surface area contributed by atoms with E-state index in [4.69, 9.17) is 0 Å². The monoisotopic (exact) mass is 381 g/mol. The molecule has 0 radical (unpaired) electrons. The average Bonchev–Trinajstić information content (AvgIpc) is 2.94. The number of urea groups is 1. The van der Waals surface area contributed by atoms with Gasteiger partial charge in [0.1, 0.15) is 5.82 Å². The van der Waals surface area contributed by atoms with Crippen LogP contribution in [0.3, 0.4) is 0 Å². The highest BCUT2D eigenvalue weighted by Crippen LogP contribution is 2.30. The van der Waals surface area contributed by atoms with Gasteiger partial charge in [0.15, 0.2) is 0 Å². The molecule has 2 aromatic rings. The number of carbonyl (C=O) groups excluding carboxylic acids is 2. The Bertz CT molecular complexity index is 870. The average molecular weight is 381 g/mol. The van der Waals surface area contributed by atoms with Gasteiger partial charge in [0.2, 0.25) is 5.91 Å². The van der Waals surface area contributed by atoms with Crippen molar-refractivity contribution >= 4 is 23.3 Å². The first-order valence-electron chi connectivity index (χ1n) is 8.03. The number of nitrogens with one attached hydrogen (secondary N) is 2. The Hall–Kier alpha value is -3.10. The molecular weight excluding hydrogens is 366 g/mol. The van der Waals surface area contributed by atoms with Crippen molar-refractivity contribution in [3.63, 3.8) is 0 Å². The van der Waals surface area contributed by atoms with Gasteiger partial charge < -0.3 is 15.5 Å². The second-order valence-corrected chi connectivity index (χ2v) is 6.06. The van der Waals surface area contributed by atoms with E-state index in [1.807, 2.05) is 0 Å². The number of anilines is 2.